The van der Waals surface area contributed by atoms with Gasteiger partial charge in [0.15, 0.2) is 5.65 Å². The number of hydrogen-bond donors (Lipinski definition) is 2. The lowest BCUT2D eigenvalue weighted by atomic mass is 10.1. The van der Waals surface area contributed by atoms with E-state index in [1.807, 2.05) is 28.8 Å². The summed E-state index contributed by atoms with van der Waals surface area (Å²) in [5, 5.41) is 2.95. The van der Waals surface area contributed by atoms with E-state index in [-0.39, 0.29) is 17.8 Å². The molecule has 0 spiro atoms. The number of hydrogen-bond acceptors (Lipinski definition) is 5. The molecule has 3 N–H and O–H groups in total. The average molecular weight is 433 g/mol. The largest absolute Gasteiger partial charge is 0.384 e. The van der Waals surface area contributed by atoms with Crippen LogP contribution in [0.15, 0.2) is 48.5 Å². The van der Waals surface area contributed by atoms with Crippen molar-refractivity contribution in [1.82, 2.24) is 19.9 Å². The molecular weight excluding hydrogens is 409 g/mol. The third-order valence-corrected chi connectivity index (χ3v) is 5.87. The predicted octanol–water partition coefficient (Wildman–Crippen LogP) is 3.46. The van der Waals surface area contributed by atoms with Crippen molar-refractivity contribution in [2.45, 2.75) is 31.9 Å². The number of para-hydroxylation sites is 2. The fourth-order valence-electron chi connectivity index (χ4n) is 4.16. The number of carbonyl (C=O) groups is 1. The maximum atomic E-state index is 13.3. The molecule has 0 bridgehead atoms. The Morgan fingerprint density at radius 3 is 2.62 bits per heavy atom. The summed E-state index contributed by atoms with van der Waals surface area (Å²) in [6.07, 6.45) is 2.57. The van der Waals surface area contributed by atoms with Gasteiger partial charge in [-0.15, -0.1) is 0 Å². The first-order valence-electron chi connectivity index (χ1n) is 10.8. The van der Waals surface area contributed by atoms with E-state index < -0.39 is 0 Å². The second-order valence-electron chi connectivity index (χ2n) is 8.02. The third kappa shape index (κ3) is 3.89. The van der Waals surface area contributed by atoms with Crippen LogP contribution in [0.1, 0.15) is 28.8 Å². The van der Waals surface area contributed by atoms with Gasteiger partial charge in [-0.3, -0.25) is 4.79 Å². The van der Waals surface area contributed by atoms with Crippen LogP contribution in [0.25, 0.3) is 22.2 Å². The number of amides is 1. The minimum atomic E-state index is -0.284. The molecule has 1 aliphatic rings. The molecular formula is C24H24FN5O2. The highest BCUT2D eigenvalue weighted by atomic mass is 19.1. The molecule has 1 saturated heterocycles. The summed E-state index contributed by atoms with van der Waals surface area (Å²) in [7, 11) is 0. The number of halogens is 1. The Morgan fingerprint density at radius 1 is 1.16 bits per heavy atom. The zero-order valence-corrected chi connectivity index (χ0v) is 17.6. The summed E-state index contributed by atoms with van der Waals surface area (Å²) in [4.78, 5) is 22.6. The van der Waals surface area contributed by atoms with E-state index in [0.29, 0.717) is 47.6 Å². The van der Waals surface area contributed by atoms with Crippen molar-refractivity contribution in [3.05, 3.63) is 65.5 Å². The summed E-state index contributed by atoms with van der Waals surface area (Å²) in [5.74, 6) is -0.238. The Hall–Kier alpha value is -3.52. The van der Waals surface area contributed by atoms with E-state index in [0.717, 1.165) is 30.5 Å². The number of carbonyl (C=O) groups excluding carboxylic acids is 1. The van der Waals surface area contributed by atoms with Gasteiger partial charge in [0.1, 0.15) is 22.7 Å². The monoisotopic (exact) mass is 433 g/mol. The number of aryl methyl sites for hydroxylation is 2. The van der Waals surface area contributed by atoms with E-state index in [1.165, 1.54) is 12.1 Å². The normalized spacial score (nSPS) is 16.1. The summed E-state index contributed by atoms with van der Waals surface area (Å²) in [5.41, 5.74) is 10.2. The van der Waals surface area contributed by atoms with Gasteiger partial charge in [-0.2, -0.15) is 0 Å². The molecule has 4 aromatic rings. The van der Waals surface area contributed by atoms with Gasteiger partial charge in [-0.25, -0.2) is 14.4 Å². The number of rotatable bonds is 6. The molecule has 2 aromatic heterocycles. The third-order valence-electron chi connectivity index (χ3n) is 5.87. The first kappa shape index (κ1) is 20.4. The summed E-state index contributed by atoms with van der Waals surface area (Å²) >= 11 is 0. The lowest BCUT2D eigenvalue weighted by molar-refractivity contribution is 0.0859. The van der Waals surface area contributed by atoms with Crippen molar-refractivity contribution in [3.63, 3.8) is 0 Å². The smallest absolute Gasteiger partial charge is 0.257 e. The van der Waals surface area contributed by atoms with Crippen molar-refractivity contribution < 1.29 is 13.9 Å². The molecule has 7 nitrogen and oxygen atoms in total. The van der Waals surface area contributed by atoms with Gasteiger partial charge in [-0.1, -0.05) is 24.3 Å². The van der Waals surface area contributed by atoms with E-state index >= 15 is 0 Å². The zero-order chi connectivity index (χ0) is 22.1. The van der Waals surface area contributed by atoms with Crippen LogP contribution in [0.3, 0.4) is 0 Å². The van der Waals surface area contributed by atoms with Crippen LogP contribution < -0.4 is 11.1 Å². The SMILES string of the molecule is Nc1c(C(=O)NC[C@H]2CCCO2)c2nc3ccccc3nc2n1CCc1ccc(F)cc1. The van der Waals surface area contributed by atoms with Crippen molar-refractivity contribution in [1.29, 1.82) is 0 Å². The molecule has 1 atom stereocenters. The summed E-state index contributed by atoms with van der Waals surface area (Å²) in [6, 6.07) is 13.9. The number of anilines is 1. The van der Waals surface area contributed by atoms with E-state index in [1.54, 1.807) is 12.1 Å². The average Bonchev–Trinajstić information content (AvgIpc) is 3.41. The van der Waals surface area contributed by atoms with Gasteiger partial charge in [0.2, 0.25) is 0 Å². The maximum Gasteiger partial charge on any atom is 0.257 e. The van der Waals surface area contributed by atoms with Crippen LogP contribution >= 0.6 is 0 Å². The number of nitrogens with zero attached hydrogens (tertiary/aromatic N) is 3. The zero-order valence-electron chi connectivity index (χ0n) is 17.6. The minimum Gasteiger partial charge on any atom is -0.384 e. The highest BCUT2D eigenvalue weighted by Gasteiger charge is 2.25. The Kier molecular flexibility index (Phi) is 5.45. The second-order valence-corrected chi connectivity index (χ2v) is 8.02. The van der Waals surface area contributed by atoms with Gasteiger partial charge < -0.3 is 20.4 Å². The van der Waals surface area contributed by atoms with Crippen molar-refractivity contribution in [3.8, 4) is 0 Å². The molecule has 0 radical (unpaired) electrons. The Bertz CT molecular complexity index is 1280. The summed E-state index contributed by atoms with van der Waals surface area (Å²) < 4.78 is 20.7. The first-order valence-corrected chi connectivity index (χ1v) is 10.8. The van der Waals surface area contributed by atoms with Crippen LogP contribution in [0, 0.1) is 5.82 Å². The van der Waals surface area contributed by atoms with Crippen molar-refractivity contribution in [2.24, 2.45) is 0 Å². The van der Waals surface area contributed by atoms with Crippen LogP contribution in [-0.2, 0) is 17.7 Å². The van der Waals surface area contributed by atoms with Gasteiger partial charge >= 0.3 is 0 Å². The van der Waals surface area contributed by atoms with Crippen molar-refractivity contribution in [2.75, 3.05) is 18.9 Å². The molecule has 2 aromatic carbocycles. The molecule has 32 heavy (non-hydrogen) atoms. The van der Waals surface area contributed by atoms with Gasteiger partial charge in [0.05, 0.1) is 17.1 Å². The van der Waals surface area contributed by atoms with Gasteiger partial charge in [0, 0.05) is 19.7 Å². The quantitative estimate of drug-likeness (QED) is 0.486. The number of ether oxygens (including phenoxy) is 1. The van der Waals surface area contributed by atoms with Crippen molar-refractivity contribution >= 4 is 33.9 Å². The lowest BCUT2D eigenvalue weighted by Gasteiger charge is -2.11. The Labute approximate surface area is 184 Å². The van der Waals surface area contributed by atoms with E-state index in [4.69, 9.17) is 20.4 Å². The Balaban J connectivity index is 1.52. The van der Waals surface area contributed by atoms with Crippen LogP contribution in [0.5, 0.6) is 0 Å². The van der Waals surface area contributed by atoms with Gasteiger partial charge in [-0.05, 0) is 49.1 Å². The predicted molar refractivity (Wildman–Crippen MR) is 121 cm³/mol. The number of benzene rings is 2. The minimum absolute atomic E-state index is 0.0268. The van der Waals surface area contributed by atoms with Gasteiger partial charge in [0.25, 0.3) is 5.91 Å². The molecule has 1 fully saturated rings. The van der Waals surface area contributed by atoms with Crippen LogP contribution in [0.2, 0.25) is 0 Å². The number of fused-ring (bicyclic) bond motifs is 2. The second kappa shape index (κ2) is 8.55. The van der Waals surface area contributed by atoms with Crippen LogP contribution in [0.4, 0.5) is 10.2 Å². The molecule has 1 amide bonds. The lowest BCUT2D eigenvalue weighted by Crippen LogP contribution is -2.32. The highest BCUT2D eigenvalue weighted by Crippen LogP contribution is 2.28. The molecule has 3 heterocycles. The fraction of sp³-hybridized carbons (Fsp3) is 0.292. The molecule has 1 aliphatic heterocycles. The number of nitrogen functional groups attached to an aromatic ring is 1. The topological polar surface area (TPSA) is 95.1 Å². The maximum absolute atomic E-state index is 13.3. The molecule has 0 unspecified atom stereocenters. The Morgan fingerprint density at radius 2 is 1.91 bits per heavy atom. The molecule has 5 rings (SSSR count). The fourth-order valence-corrected chi connectivity index (χ4v) is 4.16. The number of nitrogens with two attached hydrogens (primary N) is 1. The van der Waals surface area contributed by atoms with Crippen LogP contribution in [-0.4, -0.2) is 39.7 Å². The molecule has 0 aliphatic carbocycles. The van der Waals surface area contributed by atoms with E-state index in [9.17, 15) is 9.18 Å². The van der Waals surface area contributed by atoms with E-state index in [2.05, 4.69) is 5.32 Å². The first-order chi connectivity index (χ1) is 15.6. The molecule has 8 heteroatoms. The molecule has 164 valence electrons. The summed E-state index contributed by atoms with van der Waals surface area (Å²) in [6.45, 7) is 1.64. The number of aromatic nitrogens is 3. The number of nitrogens with one attached hydrogen (secondary N) is 1. The highest BCUT2D eigenvalue weighted by molar-refractivity contribution is 6.10. The standard InChI is InChI=1S/C24H24FN5O2/c25-16-9-7-15(8-10-16)11-12-30-22(26)20(24(31)27-14-17-4-3-13-32-17)21-23(30)29-19-6-2-1-5-18(19)28-21/h1-2,5-10,17H,3-4,11-14,26H2,(H,27,31)/t17-/m1/s1. The molecule has 0 saturated carbocycles.